The summed E-state index contributed by atoms with van der Waals surface area (Å²) in [4.78, 5) is 10.7. The fourth-order valence-corrected chi connectivity index (χ4v) is 2.24. The molecule has 1 saturated heterocycles. The van der Waals surface area contributed by atoms with Crippen LogP contribution in [-0.2, 0) is 16.1 Å². The van der Waals surface area contributed by atoms with E-state index < -0.39 is 12.1 Å². The van der Waals surface area contributed by atoms with Crippen molar-refractivity contribution in [2.75, 3.05) is 6.54 Å². The first-order valence-corrected chi connectivity index (χ1v) is 6.29. The van der Waals surface area contributed by atoms with E-state index in [-0.39, 0.29) is 6.10 Å². The molecule has 0 saturated carbocycles. The number of aryl methyl sites for hydroxylation is 1. The lowest BCUT2D eigenvalue weighted by molar-refractivity contribution is -0.149. The lowest BCUT2D eigenvalue weighted by Gasteiger charge is -2.12. The van der Waals surface area contributed by atoms with E-state index in [9.17, 15) is 4.79 Å². The molecule has 0 aliphatic carbocycles. The molecule has 1 aromatic rings. The Balaban J connectivity index is 1.72. The van der Waals surface area contributed by atoms with Gasteiger partial charge in [-0.05, 0) is 25.3 Å². The van der Waals surface area contributed by atoms with Crippen LogP contribution in [0.3, 0.4) is 0 Å². The Morgan fingerprint density at radius 1 is 1.50 bits per heavy atom. The molecule has 2 rings (SSSR count). The lowest BCUT2D eigenvalue weighted by atomic mass is 10.1. The van der Waals surface area contributed by atoms with E-state index in [1.165, 1.54) is 11.1 Å². The molecule has 2 unspecified atom stereocenters. The van der Waals surface area contributed by atoms with E-state index in [2.05, 4.69) is 30.4 Å². The van der Waals surface area contributed by atoms with Crippen molar-refractivity contribution >= 4 is 5.97 Å². The zero-order chi connectivity index (χ0) is 13.0. The summed E-state index contributed by atoms with van der Waals surface area (Å²) in [5.74, 6) is -0.851. The Bertz CT molecular complexity index is 419. The molecule has 1 aliphatic heterocycles. The molecule has 1 fully saturated rings. The average molecular weight is 249 g/mol. The van der Waals surface area contributed by atoms with Crippen LogP contribution in [0.5, 0.6) is 0 Å². The molecule has 1 aromatic carbocycles. The van der Waals surface area contributed by atoms with Crippen LogP contribution in [-0.4, -0.2) is 29.8 Å². The molecule has 4 nitrogen and oxygen atoms in total. The summed E-state index contributed by atoms with van der Waals surface area (Å²) in [6.07, 6.45) is 0.843. The Kier molecular flexibility index (Phi) is 4.33. The SMILES string of the molecule is Cc1cccc(CNCC2CCC(C(=O)O)O2)c1. The van der Waals surface area contributed by atoms with Crippen molar-refractivity contribution in [3.8, 4) is 0 Å². The predicted octanol–water partition coefficient (Wildman–Crippen LogP) is 1.72. The summed E-state index contributed by atoms with van der Waals surface area (Å²) in [6, 6.07) is 8.33. The second-order valence-electron chi connectivity index (χ2n) is 4.78. The van der Waals surface area contributed by atoms with E-state index >= 15 is 0 Å². The van der Waals surface area contributed by atoms with Gasteiger partial charge >= 0.3 is 5.97 Å². The fraction of sp³-hybridized carbons (Fsp3) is 0.500. The molecular weight excluding hydrogens is 230 g/mol. The van der Waals surface area contributed by atoms with E-state index in [0.29, 0.717) is 13.0 Å². The van der Waals surface area contributed by atoms with Gasteiger partial charge in [-0.15, -0.1) is 0 Å². The molecule has 1 heterocycles. The van der Waals surface area contributed by atoms with Gasteiger partial charge in [-0.1, -0.05) is 29.8 Å². The van der Waals surface area contributed by atoms with Crippen molar-refractivity contribution in [3.05, 3.63) is 35.4 Å². The quantitative estimate of drug-likeness (QED) is 0.834. The minimum absolute atomic E-state index is 0.0240. The number of carbonyl (C=O) groups is 1. The summed E-state index contributed by atoms with van der Waals surface area (Å²) >= 11 is 0. The van der Waals surface area contributed by atoms with Gasteiger partial charge in [-0.2, -0.15) is 0 Å². The fourth-order valence-electron chi connectivity index (χ4n) is 2.24. The first-order chi connectivity index (χ1) is 8.65. The highest BCUT2D eigenvalue weighted by atomic mass is 16.5. The first-order valence-electron chi connectivity index (χ1n) is 6.29. The Morgan fingerprint density at radius 3 is 3.00 bits per heavy atom. The topological polar surface area (TPSA) is 58.6 Å². The molecule has 0 bridgehead atoms. The highest BCUT2D eigenvalue weighted by molar-refractivity contribution is 5.72. The van der Waals surface area contributed by atoms with Crippen LogP contribution in [0.2, 0.25) is 0 Å². The van der Waals surface area contributed by atoms with Gasteiger partial charge < -0.3 is 15.2 Å². The summed E-state index contributed by atoms with van der Waals surface area (Å²) < 4.78 is 5.42. The van der Waals surface area contributed by atoms with E-state index in [1.807, 2.05) is 6.07 Å². The number of rotatable bonds is 5. The second kappa shape index (κ2) is 5.98. The van der Waals surface area contributed by atoms with Gasteiger partial charge in [0.15, 0.2) is 6.10 Å². The molecular formula is C14H19NO3. The van der Waals surface area contributed by atoms with Gasteiger partial charge in [0.2, 0.25) is 0 Å². The minimum Gasteiger partial charge on any atom is -0.479 e. The van der Waals surface area contributed by atoms with Crippen LogP contribution in [0, 0.1) is 6.92 Å². The Labute approximate surface area is 107 Å². The molecule has 2 atom stereocenters. The third-order valence-corrected chi connectivity index (χ3v) is 3.17. The average Bonchev–Trinajstić information content (AvgIpc) is 2.78. The molecule has 0 amide bonds. The van der Waals surface area contributed by atoms with Gasteiger partial charge in [-0.3, -0.25) is 0 Å². The molecule has 4 heteroatoms. The summed E-state index contributed by atoms with van der Waals surface area (Å²) in [6.45, 7) is 3.57. The van der Waals surface area contributed by atoms with Crippen LogP contribution >= 0.6 is 0 Å². The Hall–Kier alpha value is -1.39. The number of carboxylic acid groups (broad SMARTS) is 1. The number of hydrogen-bond acceptors (Lipinski definition) is 3. The van der Waals surface area contributed by atoms with Crippen LogP contribution < -0.4 is 5.32 Å². The smallest absolute Gasteiger partial charge is 0.332 e. The number of benzene rings is 1. The van der Waals surface area contributed by atoms with Crippen molar-refractivity contribution in [1.82, 2.24) is 5.32 Å². The monoisotopic (exact) mass is 249 g/mol. The van der Waals surface area contributed by atoms with Gasteiger partial charge in [-0.25, -0.2) is 4.79 Å². The summed E-state index contributed by atoms with van der Waals surface area (Å²) in [5.41, 5.74) is 2.49. The first kappa shape index (κ1) is 13.1. The number of hydrogen-bond donors (Lipinski definition) is 2. The molecule has 18 heavy (non-hydrogen) atoms. The van der Waals surface area contributed by atoms with Crippen molar-refractivity contribution in [2.24, 2.45) is 0 Å². The van der Waals surface area contributed by atoms with Gasteiger partial charge in [0.25, 0.3) is 0 Å². The van der Waals surface area contributed by atoms with Crippen molar-refractivity contribution in [3.63, 3.8) is 0 Å². The third kappa shape index (κ3) is 3.55. The highest BCUT2D eigenvalue weighted by Gasteiger charge is 2.29. The van der Waals surface area contributed by atoms with Crippen LogP contribution in [0.15, 0.2) is 24.3 Å². The van der Waals surface area contributed by atoms with E-state index in [0.717, 1.165) is 13.0 Å². The number of ether oxygens (including phenoxy) is 1. The third-order valence-electron chi connectivity index (χ3n) is 3.17. The second-order valence-corrected chi connectivity index (χ2v) is 4.78. The Morgan fingerprint density at radius 2 is 2.33 bits per heavy atom. The summed E-state index contributed by atoms with van der Waals surface area (Å²) in [5, 5.41) is 12.1. The summed E-state index contributed by atoms with van der Waals surface area (Å²) in [7, 11) is 0. The zero-order valence-electron chi connectivity index (χ0n) is 10.6. The van der Waals surface area contributed by atoms with Gasteiger partial charge in [0.05, 0.1) is 6.10 Å². The van der Waals surface area contributed by atoms with Crippen molar-refractivity contribution < 1.29 is 14.6 Å². The molecule has 1 aliphatic rings. The predicted molar refractivity (Wildman–Crippen MR) is 68.4 cm³/mol. The van der Waals surface area contributed by atoms with E-state index in [1.54, 1.807) is 0 Å². The zero-order valence-corrected chi connectivity index (χ0v) is 10.6. The number of aliphatic carboxylic acids is 1. The van der Waals surface area contributed by atoms with Gasteiger partial charge in [0.1, 0.15) is 0 Å². The van der Waals surface area contributed by atoms with E-state index in [4.69, 9.17) is 9.84 Å². The molecule has 2 N–H and O–H groups in total. The van der Waals surface area contributed by atoms with Gasteiger partial charge in [0, 0.05) is 13.1 Å². The number of carboxylic acids is 1. The van der Waals surface area contributed by atoms with Crippen LogP contribution in [0.1, 0.15) is 24.0 Å². The lowest BCUT2D eigenvalue weighted by Crippen LogP contribution is -2.28. The molecule has 0 aromatic heterocycles. The van der Waals surface area contributed by atoms with Crippen molar-refractivity contribution in [2.45, 2.75) is 38.5 Å². The van der Waals surface area contributed by atoms with Crippen LogP contribution in [0.4, 0.5) is 0 Å². The minimum atomic E-state index is -0.851. The largest absolute Gasteiger partial charge is 0.479 e. The van der Waals surface area contributed by atoms with Crippen molar-refractivity contribution in [1.29, 1.82) is 0 Å². The maximum atomic E-state index is 10.7. The maximum Gasteiger partial charge on any atom is 0.332 e. The highest BCUT2D eigenvalue weighted by Crippen LogP contribution is 2.19. The molecule has 0 spiro atoms. The molecule has 0 radical (unpaired) electrons. The number of nitrogens with one attached hydrogen (secondary N) is 1. The molecule has 98 valence electrons. The normalized spacial score (nSPS) is 23.2. The maximum absolute atomic E-state index is 10.7. The van der Waals surface area contributed by atoms with Crippen LogP contribution in [0.25, 0.3) is 0 Å². The standard InChI is InChI=1S/C14H19NO3/c1-10-3-2-4-11(7-10)8-15-9-12-5-6-13(18-12)14(16)17/h2-4,7,12-13,15H,5-6,8-9H2,1H3,(H,16,17).